The third-order valence-corrected chi connectivity index (χ3v) is 2.91. The van der Waals surface area contributed by atoms with Crippen molar-refractivity contribution in [3.63, 3.8) is 0 Å². The molecule has 0 amide bonds. The molecule has 1 saturated carbocycles. The van der Waals surface area contributed by atoms with Gasteiger partial charge in [0, 0.05) is 12.4 Å². The van der Waals surface area contributed by atoms with Gasteiger partial charge in [-0.25, -0.2) is 0 Å². The fraction of sp³-hybridized carbons (Fsp3) is 0.600. The Labute approximate surface area is 94.7 Å². The van der Waals surface area contributed by atoms with Crippen LogP contribution in [0.3, 0.4) is 0 Å². The summed E-state index contributed by atoms with van der Waals surface area (Å²) in [6.45, 7) is 0. The van der Waals surface area contributed by atoms with Crippen molar-refractivity contribution >= 4 is 18.4 Å². The van der Waals surface area contributed by atoms with E-state index in [0.717, 1.165) is 25.7 Å². The average Bonchev–Trinajstić information content (AvgIpc) is 2.70. The van der Waals surface area contributed by atoms with E-state index in [-0.39, 0.29) is 24.4 Å². The van der Waals surface area contributed by atoms with Crippen LogP contribution in [0.5, 0.6) is 0 Å². The first-order valence-electron chi connectivity index (χ1n) is 5.01. The van der Waals surface area contributed by atoms with Crippen LogP contribution in [-0.2, 0) is 4.79 Å². The summed E-state index contributed by atoms with van der Waals surface area (Å²) in [6, 6.07) is 1.89. The lowest BCUT2D eigenvalue weighted by atomic mass is 9.85. The van der Waals surface area contributed by atoms with Gasteiger partial charge in [0.1, 0.15) is 0 Å². The molecule has 4 nitrogen and oxygen atoms in total. The van der Waals surface area contributed by atoms with Gasteiger partial charge < -0.3 is 5.11 Å². The molecule has 15 heavy (non-hydrogen) atoms. The minimum Gasteiger partial charge on any atom is -0.481 e. The largest absolute Gasteiger partial charge is 0.481 e. The van der Waals surface area contributed by atoms with E-state index in [4.69, 9.17) is 5.11 Å². The summed E-state index contributed by atoms with van der Waals surface area (Å²) in [5.74, 6) is -0.950. The minimum absolute atomic E-state index is 0. The average molecular weight is 231 g/mol. The molecule has 1 aliphatic carbocycles. The van der Waals surface area contributed by atoms with Crippen LogP contribution in [-0.4, -0.2) is 20.9 Å². The lowest BCUT2D eigenvalue weighted by Crippen LogP contribution is -2.29. The van der Waals surface area contributed by atoms with Crippen molar-refractivity contribution in [2.75, 3.05) is 0 Å². The van der Waals surface area contributed by atoms with Crippen LogP contribution in [0.15, 0.2) is 18.5 Å². The van der Waals surface area contributed by atoms with Gasteiger partial charge >= 0.3 is 5.97 Å². The minimum atomic E-state index is -0.690. The topological polar surface area (TPSA) is 55.1 Å². The molecule has 1 aromatic heterocycles. The van der Waals surface area contributed by atoms with Crippen molar-refractivity contribution in [2.45, 2.75) is 31.7 Å². The summed E-state index contributed by atoms with van der Waals surface area (Å²) < 4.78 is 1.79. The molecule has 1 fully saturated rings. The molecule has 1 N–H and O–H groups in total. The maximum Gasteiger partial charge on any atom is 0.308 e. The summed E-state index contributed by atoms with van der Waals surface area (Å²) in [4.78, 5) is 11.0. The van der Waals surface area contributed by atoms with Crippen molar-refractivity contribution in [3.8, 4) is 0 Å². The van der Waals surface area contributed by atoms with E-state index in [2.05, 4.69) is 5.10 Å². The van der Waals surface area contributed by atoms with Gasteiger partial charge in [-0.15, -0.1) is 12.4 Å². The van der Waals surface area contributed by atoms with E-state index in [1.54, 1.807) is 10.9 Å². The van der Waals surface area contributed by atoms with Crippen molar-refractivity contribution < 1.29 is 9.90 Å². The van der Waals surface area contributed by atoms with Crippen LogP contribution >= 0.6 is 12.4 Å². The molecule has 2 unspecified atom stereocenters. The SMILES string of the molecule is Cl.O=C(O)C1CCCCC1n1cccn1. The first-order valence-corrected chi connectivity index (χ1v) is 5.01. The van der Waals surface area contributed by atoms with Crippen LogP contribution in [0.1, 0.15) is 31.7 Å². The predicted molar refractivity (Wildman–Crippen MR) is 58.1 cm³/mol. The fourth-order valence-electron chi connectivity index (χ4n) is 2.19. The van der Waals surface area contributed by atoms with Crippen LogP contribution in [0.25, 0.3) is 0 Å². The molecule has 0 aromatic carbocycles. The van der Waals surface area contributed by atoms with Gasteiger partial charge in [0.15, 0.2) is 0 Å². The Hall–Kier alpha value is -1.03. The Kier molecular flexibility index (Phi) is 4.15. The molecule has 0 saturated heterocycles. The fourth-order valence-corrected chi connectivity index (χ4v) is 2.19. The third-order valence-electron chi connectivity index (χ3n) is 2.91. The lowest BCUT2D eigenvalue weighted by molar-refractivity contribution is -0.144. The van der Waals surface area contributed by atoms with Crippen molar-refractivity contribution in [3.05, 3.63) is 18.5 Å². The summed E-state index contributed by atoms with van der Waals surface area (Å²) in [6.07, 6.45) is 7.39. The molecule has 2 rings (SSSR count). The Bertz CT molecular complexity index is 313. The highest BCUT2D eigenvalue weighted by molar-refractivity contribution is 5.85. The molecule has 84 valence electrons. The van der Waals surface area contributed by atoms with Crippen LogP contribution in [0, 0.1) is 5.92 Å². The third kappa shape index (κ3) is 2.50. The monoisotopic (exact) mass is 230 g/mol. The Balaban J connectivity index is 0.00000112. The molecule has 1 heterocycles. The maximum absolute atomic E-state index is 11.0. The number of aromatic nitrogens is 2. The van der Waals surface area contributed by atoms with Gasteiger partial charge in [0.05, 0.1) is 12.0 Å². The number of hydrogen-bond acceptors (Lipinski definition) is 2. The van der Waals surface area contributed by atoms with Crippen LogP contribution < -0.4 is 0 Å². The molecule has 1 aromatic rings. The second-order valence-electron chi connectivity index (χ2n) is 3.78. The normalized spacial score (nSPS) is 25.6. The van der Waals surface area contributed by atoms with Gasteiger partial charge in [-0.3, -0.25) is 9.48 Å². The molecule has 0 aliphatic heterocycles. The molecule has 0 bridgehead atoms. The number of carboxylic acids is 1. The molecular formula is C10H15ClN2O2. The second-order valence-corrected chi connectivity index (χ2v) is 3.78. The number of halogens is 1. The second kappa shape index (κ2) is 5.16. The molecule has 0 radical (unpaired) electrons. The highest BCUT2D eigenvalue weighted by atomic mass is 35.5. The van der Waals surface area contributed by atoms with E-state index in [1.165, 1.54) is 0 Å². The van der Waals surface area contributed by atoms with Crippen molar-refractivity contribution in [1.29, 1.82) is 0 Å². The lowest BCUT2D eigenvalue weighted by Gasteiger charge is -2.28. The summed E-state index contributed by atoms with van der Waals surface area (Å²) in [7, 11) is 0. The summed E-state index contributed by atoms with van der Waals surface area (Å²) >= 11 is 0. The van der Waals surface area contributed by atoms with E-state index in [9.17, 15) is 4.79 Å². The van der Waals surface area contributed by atoms with Gasteiger partial charge in [0.25, 0.3) is 0 Å². The van der Waals surface area contributed by atoms with Crippen LogP contribution in [0.2, 0.25) is 0 Å². The predicted octanol–water partition coefficient (Wildman–Crippen LogP) is 2.12. The van der Waals surface area contributed by atoms with E-state index < -0.39 is 5.97 Å². The number of rotatable bonds is 2. The number of nitrogens with zero attached hydrogens (tertiary/aromatic N) is 2. The quantitative estimate of drug-likeness (QED) is 0.847. The Morgan fingerprint density at radius 2 is 2.13 bits per heavy atom. The maximum atomic E-state index is 11.0. The molecular weight excluding hydrogens is 216 g/mol. The molecule has 0 spiro atoms. The van der Waals surface area contributed by atoms with Gasteiger partial charge in [-0.1, -0.05) is 12.8 Å². The van der Waals surface area contributed by atoms with Crippen molar-refractivity contribution in [2.24, 2.45) is 5.92 Å². The first kappa shape index (κ1) is 12.0. The van der Waals surface area contributed by atoms with E-state index in [0.29, 0.717) is 0 Å². The Morgan fingerprint density at radius 3 is 2.73 bits per heavy atom. The van der Waals surface area contributed by atoms with Gasteiger partial charge in [-0.05, 0) is 18.9 Å². The van der Waals surface area contributed by atoms with Crippen LogP contribution in [0.4, 0.5) is 0 Å². The standard InChI is InChI=1S/C10H14N2O2.ClH/c13-10(14)8-4-1-2-5-9(8)12-7-3-6-11-12;/h3,6-9H,1-2,4-5H2,(H,13,14);1H. The first-order chi connectivity index (χ1) is 6.79. The van der Waals surface area contributed by atoms with E-state index in [1.807, 2.05) is 12.3 Å². The molecule has 1 aliphatic rings. The summed E-state index contributed by atoms with van der Waals surface area (Å²) in [5.41, 5.74) is 0. The van der Waals surface area contributed by atoms with Crippen molar-refractivity contribution in [1.82, 2.24) is 9.78 Å². The van der Waals surface area contributed by atoms with Gasteiger partial charge in [-0.2, -0.15) is 5.10 Å². The number of aliphatic carboxylic acids is 1. The highest BCUT2D eigenvalue weighted by Crippen LogP contribution is 2.33. The number of hydrogen-bond donors (Lipinski definition) is 1. The molecule has 5 heteroatoms. The zero-order valence-corrected chi connectivity index (χ0v) is 9.19. The molecule has 2 atom stereocenters. The zero-order valence-electron chi connectivity index (χ0n) is 8.37. The highest BCUT2D eigenvalue weighted by Gasteiger charge is 2.32. The smallest absolute Gasteiger partial charge is 0.308 e. The number of carboxylic acid groups (broad SMARTS) is 1. The number of carbonyl (C=O) groups is 1. The van der Waals surface area contributed by atoms with E-state index >= 15 is 0 Å². The Morgan fingerprint density at radius 1 is 1.40 bits per heavy atom. The summed E-state index contributed by atoms with van der Waals surface area (Å²) in [5, 5.41) is 13.2. The van der Waals surface area contributed by atoms with Gasteiger partial charge in [0.2, 0.25) is 0 Å². The zero-order chi connectivity index (χ0) is 9.97.